The molecule has 3 nitrogen and oxygen atoms in total. The topological polar surface area (TPSA) is 34.1 Å². The molecule has 1 N–H and O–H groups in total. The van der Waals surface area contributed by atoms with E-state index in [4.69, 9.17) is 9.72 Å². The number of nitrogens with one attached hydrogen (secondary N) is 1. The average Bonchev–Trinajstić information content (AvgIpc) is 2.80. The molecule has 0 aliphatic heterocycles. The molecular weight excluding hydrogens is 256 g/mol. The lowest BCUT2D eigenvalue weighted by atomic mass is 9.85. The quantitative estimate of drug-likeness (QED) is 0.862. The van der Waals surface area contributed by atoms with E-state index in [1.807, 2.05) is 11.3 Å². The molecule has 1 aliphatic carbocycles. The maximum Gasteiger partial charge on any atom is 0.125 e. The van der Waals surface area contributed by atoms with Gasteiger partial charge in [0.1, 0.15) is 10.6 Å². The van der Waals surface area contributed by atoms with Gasteiger partial charge in [-0.3, -0.25) is 0 Å². The molecule has 4 heteroatoms. The number of hydrogen-bond donors (Lipinski definition) is 1. The van der Waals surface area contributed by atoms with Crippen molar-refractivity contribution in [3.05, 3.63) is 15.6 Å². The van der Waals surface area contributed by atoms with Crippen molar-refractivity contribution >= 4 is 11.3 Å². The summed E-state index contributed by atoms with van der Waals surface area (Å²) in [4.78, 5) is 6.19. The predicted octanol–water partition coefficient (Wildman–Crippen LogP) is 3.76. The van der Waals surface area contributed by atoms with Gasteiger partial charge in [-0.2, -0.15) is 0 Å². The van der Waals surface area contributed by atoms with E-state index in [9.17, 15) is 0 Å². The molecule has 1 saturated carbocycles. The Kier molecular flexibility index (Phi) is 5.37. The van der Waals surface area contributed by atoms with Crippen LogP contribution >= 0.6 is 11.3 Å². The third-order valence-corrected chi connectivity index (χ3v) is 5.24. The minimum absolute atomic E-state index is 0.0904. The van der Waals surface area contributed by atoms with Gasteiger partial charge in [0, 0.05) is 18.0 Å². The molecule has 1 aromatic rings. The SMILES string of the molecule is CCNCc1sc(C2(OCC)CCCCC2)nc1C. The third kappa shape index (κ3) is 3.36. The second kappa shape index (κ2) is 6.82. The number of nitrogens with zero attached hydrogens (tertiary/aromatic N) is 1. The summed E-state index contributed by atoms with van der Waals surface area (Å²) in [6.07, 6.45) is 6.13. The lowest BCUT2D eigenvalue weighted by Crippen LogP contribution is -2.32. The fraction of sp³-hybridized carbons (Fsp3) is 0.800. The van der Waals surface area contributed by atoms with Crippen LogP contribution in [0.25, 0.3) is 0 Å². The van der Waals surface area contributed by atoms with Gasteiger partial charge < -0.3 is 10.1 Å². The molecule has 0 amide bonds. The zero-order valence-corrected chi connectivity index (χ0v) is 13.2. The molecule has 1 fully saturated rings. The highest BCUT2D eigenvalue weighted by Crippen LogP contribution is 2.42. The summed E-state index contributed by atoms with van der Waals surface area (Å²) in [5.41, 5.74) is 1.08. The fourth-order valence-corrected chi connectivity index (χ4v) is 4.08. The van der Waals surface area contributed by atoms with Crippen molar-refractivity contribution in [3.63, 3.8) is 0 Å². The van der Waals surface area contributed by atoms with Crippen molar-refractivity contribution in [1.82, 2.24) is 10.3 Å². The monoisotopic (exact) mass is 282 g/mol. The molecule has 1 heterocycles. The van der Waals surface area contributed by atoms with E-state index in [0.717, 1.165) is 32.5 Å². The van der Waals surface area contributed by atoms with E-state index >= 15 is 0 Å². The molecule has 2 rings (SSSR count). The molecule has 1 aromatic heterocycles. The number of rotatable bonds is 6. The lowest BCUT2D eigenvalue weighted by Gasteiger charge is -2.35. The van der Waals surface area contributed by atoms with Gasteiger partial charge >= 0.3 is 0 Å². The Labute approximate surface area is 120 Å². The normalized spacial score (nSPS) is 18.7. The minimum atomic E-state index is -0.0904. The first-order chi connectivity index (χ1) is 9.22. The first-order valence-corrected chi connectivity index (χ1v) is 8.35. The van der Waals surface area contributed by atoms with Gasteiger partial charge in [0.15, 0.2) is 0 Å². The van der Waals surface area contributed by atoms with Gasteiger partial charge in [-0.15, -0.1) is 11.3 Å². The molecule has 0 atom stereocenters. The van der Waals surface area contributed by atoms with Crippen LogP contribution in [0.5, 0.6) is 0 Å². The summed E-state index contributed by atoms with van der Waals surface area (Å²) in [5, 5.41) is 4.60. The van der Waals surface area contributed by atoms with Crippen LogP contribution < -0.4 is 5.32 Å². The molecule has 108 valence electrons. The maximum atomic E-state index is 6.16. The number of thiazole rings is 1. The Morgan fingerprint density at radius 3 is 2.63 bits per heavy atom. The van der Waals surface area contributed by atoms with Crippen LogP contribution in [0.2, 0.25) is 0 Å². The molecule has 0 radical (unpaired) electrons. The van der Waals surface area contributed by atoms with E-state index in [-0.39, 0.29) is 5.60 Å². The second-order valence-electron chi connectivity index (χ2n) is 5.30. The fourth-order valence-electron chi connectivity index (χ4n) is 2.84. The summed E-state index contributed by atoms with van der Waals surface area (Å²) in [6, 6.07) is 0. The van der Waals surface area contributed by atoms with Crippen LogP contribution in [0.15, 0.2) is 0 Å². The van der Waals surface area contributed by atoms with Crippen LogP contribution in [0, 0.1) is 6.92 Å². The zero-order chi connectivity index (χ0) is 13.7. The van der Waals surface area contributed by atoms with Gasteiger partial charge in [-0.1, -0.05) is 26.2 Å². The highest BCUT2D eigenvalue weighted by atomic mass is 32.1. The minimum Gasteiger partial charge on any atom is -0.368 e. The van der Waals surface area contributed by atoms with E-state index in [1.165, 1.54) is 34.8 Å². The molecule has 1 aliphatic rings. The molecule has 0 unspecified atom stereocenters. The van der Waals surface area contributed by atoms with Crippen LogP contribution in [-0.2, 0) is 16.9 Å². The number of hydrogen-bond acceptors (Lipinski definition) is 4. The second-order valence-corrected chi connectivity index (χ2v) is 6.38. The predicted molar refractivity (Wildman–Crippen MR) is 80.6 cm³/mol. The molecular formula is C15H26N2OS. The number of aryl methyl sites for hydroxylation is 1. The molecule has 19 heavy (non-hydrogen) atoms. The van der Waals surface area contributed by atoms with Crippen LogP contribution in [-0.4, -0.2) is 18.1 Å². The van der Waals surface area contributed by atoms with E-state index in [2.05, 4.69) is 26.1 Å². The number of ether oxygens (including phenoxy) is 1. The molecule has 0 saturated heterocycles. The van der Waals surface area contributed by atoms with Crippen molar-refractivity contribution in [2.24, 2.45) is 0 Å². The van der Waals surface area contributed by atoms with Gasteiger partial charge in [0.05, 0.1) is 5.69 Å². The summed E-state index contributed by atoms with van der Waals surface area (Å²) >= 11 is 1.85. The number of aromatic nitrogens is 1. The van der Waals surface area contributed by atoms with Gasteiger partial charge in [0.25, 0.3) is 0 Å². The highest BCUT2D eigenvalue weighted by Gasteiger charge is 2.37. The average molecular weight is 282 g/mol. The first-order valence-electron chi connectivity index (χ1n) is 7.53. The molecule has 0 bridgehead atoms. The van der Waals surface area contributed by atoms with E-state index < -0.39 is 0 Å². The lowest BCUT2D eigenvalue weighted by molar-refractivity contribution is -0.0705. The summed E-state index contributed by atoms with van der Waals surface area (Å²) in [5.74, 6) is 0. The highest BCUT2D eigenvalue weighted by molar-refractivity contribution is 7.11. The van der Waals surface area contributed by atoms with E-state index in [1.54, 1.807) is 0 Å². The first kappa shape index (κ1) is 14.9. The Morgan fingerprint density at radius 1 is 1.26 bits per heavy atom. The Balaban J connectivity index is 2.21. The molecule has 0 aromatic carbocycles. The van der Waals surface area contributed by atoms with Crippen molar-refractivity contribution in [3.8, 4) is 0 Å². The van der Waals surface area contributed by atoms with Crippen molar-refractivity contribution < 1.29 is 4.74 Å². The van der Waals surface area contributed by atoms with Crippen molar-refractivity contribution in [2.45, 2.75) is 65.0 Å². The summed E-state index contributed by atoms with van der Waals surface area (Å²) in [7, 11) is 0. The Hall–Kier alpha value is -0.450. The van der Waals surface area contributed by atoms with Gasteiger partial charge in [0.2, 0.25) is 0 Å². The zero-order valence-electron chi connectivity index (χ0n) is 12.4. The summed E-state index contributed by atoms with van der Waals surface area (Å²) in [6.45, 7) is 9.07. The third-order valence-electron chi connectivity index (χ3n) is 3.90. The van der Waals surface area contributed by atoms with Gasteiger partial charge in [-0.25, -0.2) is 4.98 Å². The maximum absolute atomic E-state index is 6.16. The Morgan fingerprint density at radius 2 is 2.00 bits per heavy atom. The molecule has 0 spiro atoms. The van der Waals surface area contributed by atoms with Crippen LogP contribution in [0.3, 0.4) is 0 Å². The van der Waals surface area contributed by atoms with Crippen LogP contribution in [0.4, 0.5) is 0 Å². The largest absolute Gasteiger partial charge is 0.368 e. The smallest absolute Gasteiger partial charge is 0.125 e. The van der Waals surface area contributed by atoms with E-state index in [0.29, 0.717) is 0 Å². The van der Waals surface area contributed by atoms with Gasteiger partial charge in [-0.05, 0) is 33.2 Å². The van der Waals surface area contributed by atoms with Crippen LogP contribution in [0.1, 0.15) is 61.5 Å². The summed E-state index contributed by atoms with van der Waals surface area (Å²) < 4.78 is 6.16. The standard InChI is InChI=1S/C15H26N2OS/c1-4-16-11-13-12(3)17-14(19-13)15(18-5-2)9-7-6-8-10-15/h16H,4-11H2,1-3H3. The van der Waals surface area contributed by atoms with Crippen molar-refractivity contribution in [2.75, 3.05) is 13.2 Å². The Bertz CT molecular complexity index is 391. The van der Waals surface area contributed by atoms with Crippen molar-refractivity contribution in [1.29, 1.82) is 0 Å².